The van der Waals surface area contributed by atoms with E-state index in [9.17, 15) is 0 Å². The Morgan fingerprint density at radius 3 is 1.53 bits per heavy atom. The van der Waals surface area contributed by atoms with Crippen LogP contribution in [0.3, 0.4) is 0 Å². The fraction of sp³-hybridized carbons (Fsp3) is 0.765. The minimum Gasteiger partial charge on any atom is -0.0802 e. The molecule has 0 heteroatoms. The van der Waals surface area contributed by atoms with E-state index in [1.54, 1.807) is 11.1 Å². The van der Waals surface area contributed by atoms with Crippen LogP contribution in [0.5, 0.6) is 0 Å². The molecule has 17 heavy (non-hydrogen) atoms. The van der Waals surface area contributed by atoms with Crippen LogP contribution in [0.25, 0.3) is 0 Å². The van der Waals surface area contributed by atoms with E-state index < -0.39 is 0 Å². The van der Waals surface area contributed by atoms with Gasteiger partial charge in [-0.3, -0.25) is 0 Å². The van der Waals surface area contributed by atoms with Crippen LogP contribution in [0.15, 0.2) is 23.3 Å². The molecule has 1 aliphatic rings. The van der Waals surface area contributed by atoms with Gasteiger partial charge in [-0.2, -0.15) is 0 Å². The fourth-order valence-corrected chi connectivity index (χ4v) is 1.67. The zero-order chi connectivity index (χ0) is 13.8. The molecule has 0 radical (unpaired) electrons. The maximum atomic E-state index is 2.29. The SMILES string of the molecule is CC(C)C1=C(C(C)C)CC=C1.CCC.CCC. The van der Waals surface area contributed by atoms with E-state index in [-0.39, 0.29) is 0 Å². The van der Waals surface area contributed by atoms with Crippen molar-refractivity contribution in [3.05, 3.63) is 23.3 Å². The van der Waals surface area contributed by atoms with Crippen LogP contribution in [-0.2, 0) is 0 Å². The van der Waals surface area contributed by atoms with Crippen molar-refractivity contribution in [2.24, 2.45) is 11.8 Å². The van der Waals surface area contributed by atoms with Crippen molar-refractivity contribution in [1.29, 1.82) is 0 Å². The summed E-state index contributed by atoms with van der Waals surface area (Å²) in [6.07, 6.45) is 8.26. The highest BCUT2D eigenvalue weighted by atomic mass is 14.2. The lowest BCUT2D eigenvalue weighted by Crippen LogP contribution is -1.98. The average molecular weight is 238 g/mol. The summed E-state index contributed by atoms with van der Waals surface area (Å²) in [7, 11) is 0. The van der Waals surface area contributed by atoms with Gasteiger partial charge in [-0.25, -0.2) is 0 Å². The van der Waals surface area contributed by atoms with Crippen LogP contribution >= 0.6 is 0 Å². The van der Waals surface area contributed by atoms with Crippen LogP contribution in [0.4, 0.5) is 0 Å². The lowest BCUT2D eigenvalue weighted by atomic mass is 9.93. The highest BCUT2D eigenvalue weighted by Gasteiger charge is 2.14. The van der Waals surface area contributed by atoms with Crippen LogP contribution < -0.4 is 0 Å². The van der Waals surface area contributed by atoms with E-state index >= 15 is 0 Å². The summed E-state index contributed by atoms with van der Waals surface area (Å²) in [5.74, 6) is 1.42. The van der Waals surface area contributed by atoms with Crippen molar-refractivity contribution in [2.75, 3.05) is 0 Å². The largest absolute Gasteiger partial charge is 0.0802 e. The van der Waals surface area contributed by atoms with Gasteiger partial charge in [0.1, 0.15) is 0 Å². The molecule has 0 aromatic rings. The average Bonchev–Trinajstić information content (AvgIpc) is 2.68. The molecule has 102 valence electrons. The van der Waals surface area contributed by atoms with Crippen molar-refractivity contribution in [2.45, 2.75) is 74.7 Å². The summed E-state index contributed by atoms with van der Waals surface area (Å²) in [6, 6.07) is 0. The van der Waals surface area contributed by atoms with Gasteiger partial charge in [0.05, 0.1) is 0 Å². The molecule has 0 fully saturated rings. The zero-order valence-electron chi connectivity index (χ0n) is 13.4. The lowest BCUT2D eigenvalue weighted by Gasteiger charge is -2.13. The molecule has 0 N–H and O–H groups in total. The third-order valence-electron chi connectivity index (χ3n) is 2.32. The first-order valence-electron chi connectivity index (χ1n) is 7.35. The van der Waals surface area contributed by atoms with E-state index in [0.717, 1.165) is 5.92 Å². The topological polar surface area (TPSA) is 0 Å². The molecule has 0 saturated heterocycles. The first-order chi connectivity index (χ1) is 7.95. The molecule has 0 unspecified atom stereocenters. The second kappa shape index (κ2) is 12.0. The van der Waals surface area contributed by atoms with Gasteiger partial charge in [-0.1, -0.05) is 86.0 Å². The Labute approximate surface area is 110 Å². The molecule has 0 nitrogen and oxygen atoms in total. The monoisotopic (exact) mass is 238 g/mol. The van der Waals surface area contributed by atoms with Crippen LogP contribution in [0, 0.1) is 11.8 Å². The predicted molar refractivity (Wildman–Crippen MR) is 82.4 cm³/mol. The lowest BCUT2D eigenvalue weighted by molar-refractivity contribution is 0.702. The standard InChI is InChI=1S/C11H18.2C3H8/c1-8(2)10-6-5-7-11(10)9(3)4;2*1-3-2/h5-6,8-9H,7H2,1-4H3;2*3H2,1-2H3. The molecular formula is C17H34. The summed E-state index contributed by atoms with van der Waals surface area (Å²) < 4.78 is 0. The van der Waals surface area contributed by atoms with Gasteiger partial charge in [0.15, 0.2) is 0 Å². The highest BCUT2D eigenvalue weighted by molar-refractivity contribution is 5.35. The molecule has 0 spiro atoms. The van der Waals surface area contributed by atoms with Crippen molar-refractivity contribution < 1.29 is 0 Å². The summed E-state index contributed by atoms with van der Waals surface area (Å²) >= 11 is 0. The fourth-order valence-electron chi connectivity index (χ4n) is 1.67. The zero-order valence-corrected chi connectivity index (χ0v) is 13.4. The molecule has 0 saturated carbocycles. The maximum absolute atomic E-state index is 2.29. The molecule has 1 rings (SSSR count). The maximum Gasteiger partial charge on any atom is -0.0127 e. The second-order valence-corrected chi connectivity index (χ2v) is 5.31. The summed E-state index contributed by atoms with van der Waals surface area (Å²) in [4.78, 5) is 0. The minimum absolute atomic E-state index is 0.700. The van der Waals surface area contributed by atoms with Crippen molar-refractivity contribution >= 4 is 0 Å². The Bertz CT molecular complexity index is 214. The van der Waals surface area contributed by atoms with Crippen molar-refractivity contribution in [1.82, 2.24) is 0 Å². The molecule has 0 heterocycles. The number of hydrogen-bond donors (Lipinski definition) is 0. The van der Waals surface area contributed by atoms with Gasteiger partial charge in [0, 0.05) is 0 Å². The van der Waals surface area contributed by atoms with Crippen molar-refractivity contribution in [3.8, 4) is 0 Å². The molecule has 0 atom stereocenters. The van der Waals surface area contributed by atoms with Gasteiger partial charge in [0.25, 0.3) is 0 Å². The van der Waals surface area contributed by atoms with Gasteiger partial charge in [-0.15, -0.1) is 0 Å². The van der Waals surface area contributed by atoms with E-state index in [2.05, 4.69) is 67.5 Å². The normalized spacial score (nSPS) is 13.5. The Morgan fingerprint density at radius 1 is 0.882 bits per heavy atom. The third kappa shape index (κ3) is 9.21. The molecule has 0 aliphatic heterocycles. The Morgan fingerprint density at radius 2 is 1.29 bits per heavy atom. The number of hydrogen-bond acceptors (Lipinski definition) is 0. The third-order valence-corrected chi connectivity index (χ3v) is 2.32. The number of rotatable bonds is 2. The number of allylic oxidation sites excluding steroid dienone is 4. The van der Waals surface area contributed by atoms with Gasteiger partial charge >= 0.3 is 0 Å². The second-order valence-electron chi connectivity index (χ2n) is 5.31. The highest BCUT2D eigenvalue weighted by Crippen LogP contribution is 2.30. The van der Waals surface area contributed by atoms with Gasteiger partial charge < -0.3 is 0 Å². The van der Waals surface area contributed by atoms with Crippen LogP contribution in [0.2, 0.25) is 0 Å². The first-order valence-corrected chi connectivity index (χ1v) is 7.35. The first kappa shape index (κ1) is 18.8. The smallest absolute Gasteiger partial charge is 0.0127 e. The molecule has 0 aromatic heterocycles. The quantitative estimate of drug-likeness (QED) is 0.523. The predicted octanol–water partition coefficient (Wildman–Crippen LogP) is 6.39. The summed E-state index contributed by atoms with van der Waals surface area (Å²) in [5, 5.41) is 0. The molecular weight excluding hydrogens is 204 g/mol. The molecule has 0 aromatic carbocycles. The van der Waals surface area contributed by atoms with Gasteiger partial charge in [0.2, 0.25) is 0 Å². The minimum atomic E-state index is 0.700. The van der Waals surface area contributed by atoms with E-state index in [0.29, 0.717) is 5.92 Å². The Kier molecular flexibility index (Phi) is 13.2. The summed E-state index contributed by atoms with van der Waals surface area (Å²) in [6.45, 7) is 17.6. The van der Waals surface area contributed by atoms with Gasteiger partial charge in [-0.05, 0) is 23.8 Å². The van der Waals surface area contributed by atoms with Crippen LogP contribution in [-0.4, -0.2) is 0 Å². The molecule has 0 amide bonds. The Balaban J connectivity index is 0. The van der Waals surface area contributed by atoms with E-state index in [1.165, 1.54) is 19.3 Å². The van der Waals surface area contributed by atoms with E-state index in [4.69, 9.17) is 0 Å². The van der Waals surface area contributed by atoms with Crippen LogP contribution in [0.1, 0.15) is 74.7 Å². The van der Waals surface area contributed by atoms with E-state index in [1.807, 2.05) is 0 Å². The molecule has 1 aliphatic carbocycles. The Hall–Kier alpha value is -0.520. The molecule has 0 bridgehead atoms. The van der Waals surface area contributed by atoms with Crippen molar-refractivity contribution in [3.63, 3.8) is 0 Å². The summed E-state index contributed by atoms with van der Waals surface area (Å²) in [5.41, 5.74) is 3.21.